The molecule has 1 heterocycles. The van der Waals surface area contributed by atoms with Crippen LogP contribution in [-0.4, -0.2) is 72.7 Å². The Morgan fingerprint density at radius 2 is 1.66 bits per heavy atom. The van der Waals surface area contributed by atoms with E-state index < -0.39 is 5.91 Å². The highest BCUT2D eigenvalue weighted by molar-refractivity contribution is 6.01. The lowest BCUT2D eigenvalue weighted by molar-refractivity contribution is -0.151. The van der Waals surface area contributed by atoms with Crippen molar-refractivity contribution >= 4 is 41.0 Å². The first-order valence-electron chi connectivity index (χ1n) is 10.5. The van der Waals surface area contributed by atoms with Crippen LogP contribution in [0.1, 0.15) is 44.0 Å². The van der Waals surface area contributed by atoms with Crippen molar-refractivity contribution < 1.29 is 28.7 Å². The van der Waals surface area contributed by atoms with Crippen LogP contribution in [0.25, 0.3) is 0 Å². The molecule has 10 heteroatoms. The molecular weight excluding hydrogens is 416 g/mol. The van der Waals surface area contributed by atoms with Gasteiger partial charge in [0.2, 0.25) is 17.7 Å². The van der Waals surface area contributed by atoms with E-state index in [1.807, 2.05) is 0 Å². The van der Waals surface area contributed by atoms with Gasteiger partial charge in [0, 0.05) is 50.9 Å². The highest BCUT2D eigenvalue weighted by Crippen LogP contribution is 2.21. The first kappa shape index (κ1) is 24.8. The molecule has 2 rings (SSSR count). The number of hydrogen-bond acceptors (Lipinski definition) is 6. The fourth-order valence-corrected chi connectivity index (χ4v) is 3.55. The summed E-state index contributed by atoms with van der Waals surface area (Å²) >= 11 is 0. The van der Waals surface area contributed by atoms with Crippen molar-refractivity contribution in [3.63, 3.8) is 0 Å². The van der Waals surface area contributed by atoms with Crippen molar-refractivity contribution in [1.82, 2.24) is 9.80 Å². The van der Waals surface area contributed by atoms with Gasteiger partial charge in [0.05, 0.1) is 19.1 Å². The van der Waals surface area contributed by atoms with E-state index in [0.717, 1.165) is 0 Å². The summed E-state index contributed by atoms with van der Waals surface area (Å²) in [6.07, 6.45) is 1.35. The van der Waals surface area contributed by atoms with E-state index in [0.29, 0.717) is 37.4 Å². The Bertz CT molecular complexity index is 866. The van der Waals surface area contributed by atoms with Gasteiger partial charge in [0.25, 0.3) is 5.91 Å². The molecule has 174 valence electrons. The van der Waals surface area contributed by atoms with Gasteiger partial charge >= 0.3 is 5.97 Å². The smallest absolute Gasteiger partial charge is 0.310 e. The van der Waals surface area contributed by atoms with Gasteiger partial charge in [0.15, 0.2) is 0 Å². The minimum atomic E-state index is -0.448. The zero-order chi connectivity index (χ0) is 23.8. The molecule has 2 N–H and O–H groups in total. The van der Waals surface area contributed by atoms with Crippen LogP contribution in [0.2, 0.25) is 0 Å². The Hall–Kier alpha value is -3.43. The number of benzene rings is 1. The summed E-state index contributed by atoms with van der Waals surface area (Å²) in [6.45, 7) is 5.31. The summed E-state index contributed by atoms with van der Waals surface area (Å²) in [7, 11) is 1.50. The maximum absolute atomic E-state index is 13.0. The zero-order valence-electron chi connectivity index (χ0n) is 18.9. The second kappa shape index (κ2) is 11.3. The average molecular weight is 447 g/mol. The van der Waals surface area contributed by atoms with E-state index in [2.05, 4.69) is 10.6 Å². The summed E-state index contributed by atoms with van der Waals surface area (Å²) < 4.78 is 5.06. The predicted molar refractivity (Wildman–Crippen MR) is 118 cm³/mol. The molecule has 1 aromatic carbocycles. The van der Waals surface area contributed by atoms with E-state index in [4.69, 9.17) is 4.74 Å². The second-order valence-electron chi connectivity index (χ2n) is 7.75. The quantitative estimate of drug-likeness (QED) is 0.611. The topological polar surface area (TPSA) is 125 Å². The van der Waals surface area contributed by atoms with Crippen LogP contribution < -0.4 is 10.6 Å². The van der Waals surface area contributed by atoms with Crippen molar-refractivity contribution in [1.29, 1.82) is 0 Å². The van der Waals surface area contributed by atoms with Gasteiger partial charge in [-0.25, -0.2) is 0 Å². The number of nitrogens with one attached hydrogen (secondary N) is 2. The molecule has 1 aliphatic rings. The molecule has 1 aromatic rings. The van der Waals surface area contributed by atoms with Crippen molar-refractivity contribution in [3.05, 3.63) is 23.8 Å². The number of hydrogen-bond donors (Lipinski definition) is 2. The Morgan fingerprint density at radius 1 is 1.06 bits per heavy atom. The van der Waals surface area contributed by atoms with Crippen LogP contribution >= 0.6 is 0 Å². The Balaban J connectivity index is 2.10. The van der Waals surface area contributed by atoms with E-state index in [9.17, 15) is 24.0 Å². The van der Waals surface area contributed by atoms with Crippen LogP contribution in [-0.2, 0) is 23.9 Å². The molecule has 1 unspecified atom stereocenters. The summed E-state index contributed by atoms with van der Waals surface area (Å²) in [4.78, 5) is 63.4. The van der Waals surface area contributed by atoms with Crippen LogP contribution in [0, 0.1) is 5.92 Å². The van der Waals surface area contributed by atoms with Crippen LogP contribution in [0.4, 0.5) is 11.4 Å². The highest BCUT2D eigenvalue weighted by Gasteiger charge is 2.30. The van der Waals surface area contributed by atoms with Crippen LogP contribution in [0.3, 0.4) is 0 Å². The molecule has 0 spiro atoms. The third kappa shape index (κ3) is 7.07. The van der Waals surface area contributed by atoms with Gasteiger partial charge in [-0.2, -0.15) is 0 Å². The third-order valence-electron chi connectivity index (χ3n) is 4.93. The molecule has 32 heavy (non-hydrogen) atoms. The molecular formula is C22H30N4O6. The number of amides is 4. The van der Waals surface area contributed by atoms with Crippen molar-refractivity contribution in [2.45, 2.75) is 33.6 Å². The third-order valence-corrected chi connectivity index (χ3v) is 4.93. The van der Waals surface area contributed by atoms with Gasteiger partial charge in [-0.05, 0) is 38.0 Å². The number of ether oxygens (including phenoxy) is 1. The van der Waals surface area contributed by atoms with E-state index >= 15 is 0 Å². The lowest BCUT2D eigenvalue weighted by atomic mass is 9.98. The summed E-state index contributed by atoms with van der Waals surface area (Å²) in [6, 6.07) is 4.50. The summed E-state index contributed by atoms with van der Waals surface area (Å²) in [5.41, 5.74) is 0.901. The van der Waals surface area contributed by atoms with Crippen LogP contribution in [0.15, 0.2) is 18.2 Å². The number of esters is 1. The number of rotatable bonds is 7. The molecule has 0 bridgehead atoms. The number of likely N-dealkylation sites (tertiary alicyclic amines) is 1. The van der Waals surface area contributed by atoms with Gasteiger partial charge in [-0.1, -0.05) is 0 Å². The number of likely N-dealkylation sites (N-methyl/N-ethyl adjacent to an activating group) is 1. The fourth-order valence-electron chi connectivity index (χ4n) is 3.55. The Morgan fingerprint density at radius 3 is 2.19 bits per heavy atom. The molecule has 0 aromatic heterocycles. The van der Waals surface area contributed by atoms with Gasteiger partial charge in [-0.15, -0.1) is 0 Å². The standard InChI is InChI=1S/C22H30N4O6/c1-5-32-22(31)16-7-6-8-26(12-16)20(29)13-25(4)21(30)17-9-18(23-14(2)27)11-19(10-17)24-15(3)28/h9-11,16H,5-8,12-13H2,1-4H3,(H,23,27)(H,24,28). The largest absolute Gasteiger partial charge is 0.466 e. The van der Waals surface area contributed by atoms with Gasteiger partial charge < -0.3 is 25.2 Å². The maximum atomic E-state index is 13.0. The lowest BCUT2D eigenvalue weighted by Crippen LogP contribution is -2.47. The Labute approximate surface area is 187 Å². The number of carbonyl (C=O) groups excluding carboxylic acids is 5. The molecule has 1 atom stereocenters. The molecule has 0 radical (unpaired) electrons. The molecule has 10 nitrogen and oxygen atoms in total. The lowest BCUT2D eigenvalue weighted by Gasteiger charge is -2.32. The maximum Gasteiger partial charge on any atom is 0.310 e. The monoisotopic (exact) mass is 446 g/mol. The second-order valence-corrected chi connectivity index (χ2v) is 7.75. The van der Waals surface area contributed by atoms with E-state index in [-0.39, 0.29) is 48.3 Å². The van der Waals surface area contributed by atoms with Gasteiger partial charge in [0.1, 0.15) is 0 Å². The van der Waals surface area contributed by atoms with Crippen LogP contribution in [0.5, 0.6) is 0 Å². The molecule has 4 amide bonds. The summed E-state index contributed by atoms with van der Waals surface area (Å²) in [5, 5.41) is 5.18. The SMILES string of the molecule is CCOC(=O)C1CCCN(C(=O)CN(C)C(=O)c2cc(NC(C)=O)cc(NC(C)=O)c2)C1. The normalized spacial score (nSPS) is 15.5. The number of anilines is 2. The summed E-state index contributed by atoms with van der Waals surface area (Å²) in [5.74, 6) is -2.04. The first-order chi connectivity index (χ1) is 15.1. The minimum Gasteiger partial charge on any atom is -0.466 e. The molecule has 0 aliphatic carbocycles. The Kier molecular flexibility index (Phi) is 8.74. The zero-order valence-corrected chi connectivity index (χ0v) is 18.9. The highest BCUT2D eigenvalue weighted by atomic mass is 16.5. The molecule has 1 aliphatic heterocycles. The number of nitrogens with zero attached hydrogens (tertiary/aromatic N) is 2. The van der Waals surface area contributed by atoms with E-state index in [1.54, 1.807) is 11.8 Å². The average Bonchev–Trinajstić information content (AvgIpc) is 2.72. The fraction of sp³-hybridized carbons (Fsp3) is 0.500. The number of carbonyl (C=O) groups is 5. The van der Waals surface area contributed by atoms with Crippen molar-refractivity contribution in [2.75, 3.05) is 43.9 Å². The molecule has 1 fully saturated rings. The van der Waals surface area contributed by atoms with E-state index in [1.165, 1.54) is 44.0 Å². The molecule has 0 saturated carbocycles. The molecule has 1 saturated heterocycles. The minimum absolute atomic E-state index is 0.172. The first-order valence-corrected chi connectivity index (χ1v) is 10.5. The van der Waals surface area contributed by atoms with Crippen molar-refractivity contribution in [3.8, 4) is 0 Å². The number of piperidine rings is 1. The van der Waals surface area contributed by atoms with Crippen molar-refractivity contribution in [2.24, 2.45) is 5.92 Å². The van der Waals surface area contributed by atoms with Gasteiger partial charge in [-0.3, -0.25) is 24.0 Å². The predicted octanol–water partition coefficient (Wildman–Crippen LogP) is 1.48.